The summed E-state index contributed by atoms with van der Waals surface area (Å²) in [6.07, 6.45) is 0.195. The molecule has 1 heterocycles. The van der Waals surface area contributed by atoms with Crippen molar-refractivity contribution in [3.63, 3.8) is 0 Å². The van der Waals surface area contributed by atoms with E-state index in [1.807, 2.05) is 13.8 Å². The molecule has 1 rings (SSSR count). The van der Waals surface area contributed by atoms with Gasteiger partial charge in [-0.1, -0.05) is 34.6 Å². The van der Waals surface area contributed by atoms with Gasteiger partial charge < -0.3 is 9.16 Å². The normalized spacial score (nSPS) is 30.7. The molecular formula is C18H34O4Si. The average Bonchev–Trinajstić information content (AvgIpc) is 2.39. The van der Waals surface area contributed by atoms with E-state index in [0.29, 0.717) is 6.42 Å². The van der Waals surface area contributed by atoms with E-state index in [2.05, 4.69) is 40.8 Å². The fourth-order valence-electron chi connectivity index (χ4n) is 2.67. The van der Waals surface area contributed by atoms with Crippen LogP contribution in [0.25, 0.3) is 0 Å². The van der Waals surface area contributed by atoms with Gasteiger partial charge in [0, 0.05) is 11.8 Å². The van der Waals surface area contributed by atoms with Gasteiger partial charge in [0.1, 0.15) is 11.9 Å². The zero-order chi connectivity index (χ0) is 18.2. The topological polar surface area (TPSA) is 52.6 Å². The van der Waals surface area contributed by atoms with Gasteiger partial charge in [0.05, 0.1) is 12.0 Å². The van der Waals surface area contributed by atoms with E-state index in [4.69, 9.17) is 9.16 Å². The molecule has 134 valence electrons. The number of Topliss-reactive ketones (excluding diaryl/α,β-unsaturated/α-hetero) is 1. The van der Waals surface area contributed by atoms with Crippen molar-refractivity contribution in [2.24, 2.45) is 17.8 Å². The molecule has 5 heteroatoms. The molecule has 0 unspecified atom stereocenters. The van der Waals surface area contributed by atoms with Crippen LogP contribution < -0.4 is 0 Å². The molecule has 0 aromatic heterocycles. The second-order valence-electron chi connectivity index (χ2n) is 8.71. The number of hydrogen-bond donors (Lipinski definition) is 0. The molecule has 5 atom stereocenters. The number of rotatable bonds is 5. The number of carbonyl (C=O) groups excluding carboxylic acids is 2. The van der Waals surface area contributed by atoms with E-state index in [9.17, 15) is 9.59 Å². The first kappa shape index (κ1) is 20.4. The van der Waals surface area contributed by atoms with Crippen molar-refractivity contribution in [1.29, 1.82) is 0 Å². The van der Waals surface area contributed by atoms with Crippen molar-refractivity contribution in [3.05, 3.63) is 0 Å². The third-order valence-electron chi connectivity index (χ3n) is 5.75. The van der Waals surface area contributed by atoms with Crippen LogP contribution >= 0.6 is 0 Å². The van der Waals surface area contributed by atoms with Crippen LogP contribution in [-0.2, 0) is 18.8 Å². The van der Waals surface area contributed by atoms with E-state index in [0.717, 1.165) is 0 Å². The van der Waals surface area contributed by atoms with Crippen LogP contribution in [0.1, 0.15) is 54.9 Å². The minimum atomic E-state index is -1.97. The molecule has 0 saturated carbocycles. The summed E-state index contributed by atoms with van der Waals surface area (Å²) in [4.78, 5) is 23.8. The Kier molecular flexibility index (Phi) is 6.25. The van der Waals surface area contributed by atoms with Gasteiger partial charge in [-0.2, -0.15) is 0 Å². The van der Waals surface area contributed by atoms with Crippen LogP contribution in [0.4, 0.5) is 0 Å². The largest absolute Gasteiger partial charge is 0.462 e. The molecule has 1 saturated heterocycles. The number of carbonyl (C=O) groups is 2. The molecule has 0 bridgehead atoms. The van der Waals surface area contributed by atoms with E-state index < -0.39 is 8.32 Å². The van der Waals surface area contributed by atoms with Gasteiger partial charge >= 0.3 is 5.97 Å². The molecule has 23 heavy (non-hydrogen) atoms. The molecule has 0 radical (unpaired) electrons. The molecule has 0 aromatic carbocycles. The van der Waals surface area contributed by atoms with Gasteiger partial charge in [-0.15, -0.1) is 0 Å². The molecule has 4 nitrogen and oxygen atoms in total. The van der Waals surface area contributed by atoms with Crippen LogP contribution in [0, 0.1) is 17.8 Å². The highest BCUT2D eigenvalue weighted by atomic mass is 28.4. The standard InChI is InChI=1S/C18H34O4Si/c1-11(14(4)19)10-15-12(2)16(13(3)17(20)21-15)22-23(8,9)18(5,6)7/h11-13,15-16H,10H2,1-9H3/t11-,12-,13+,15-,16-/m0/s1. The highest BCUT2D eigenvalue weighted by Crippen LogP contribution is 2.41. The summed E-state index contributed by atoms with van der Waals surface area (Å²) < 4.78 is 12.2. The summed E-state index contributed by atoms with van der Waals surface area (Å²) in [7, 11) is -1.97. The highest BCUT2D eigenvalue weighted by molar-refractivity contribution is 6.74. The highest BCUT2D eigenvalue weighted by Gasteiger charge is 2.47. The maximum atomic E-state index is 12.3. The number of esters is 1. The molecule has 1 fully saturated rings. The first-order chi connectivity index (χ1) is 10.3. The van der Waals surface area contributed by atoms with Crippen LogP contribution in [-0.4, -0.2) is 32.3 Å². The Morgan fingerprint density at radius 1 is 1.30 bits per heavy atom. The summed E-state index contributed by atoms with van der Waals surface area (Å²) in [6.45, 7) is 18.5. The molecule has 1 aliphatic heterocycles. The quantitative estimate of drug-likeness (QED) is 0.555. The Balaban J connectivity index is 2.96. The fraction of sp³-hybridized carbons (Fsp3) is 0.889. The van der Waals surface area contributed by atoms with Crippen molar-refractivity contribution >= 4 is 20.1 Å². The Labute approximate surface area is 142 Å². The minimum absolute atomic E-state index is 0.0932. The third kappa shape index (κ3) is 4.66. The second kappa shape index (κ2) is 7.05. The van der Waals surface area contributed by atoms with Gasteiger partial charge in [-0.25, -0.2) is 0 Å². The summed E-state index contributed by atoms with van der Waals surface area (Å²) in [5.74, 6) is -0.333. The molecule has 0 spiro atoms. The van der Waals surface area contributed by atoms with Crippen LogP contribution in [0.3, 0.4) is 0 Å². The smallest absolute Gasteiger partial charge is 0.311 e. The zero-order valence-electron chi connectivity index (χ0n) is 16.2. The van der Waals surface area contributed by atoms with Crippen LogP contribution in [0.15, 0.2) is 0 Å². The number of hydrogen-bond acceptors (Lipinski definition) is 4. The van der Waals surface area contributed by atoms with E-state index in [1.54, 1.807) is 6.92 Å². The van der Waals surface area contributed by atoms with E-state index in [-0.39, 0.29) is 46.8 Å². The van der Waals surface area contributed by atoms with Crippen molar-refractivity contribution in [2.75, 3.05) is 0 Å². The number of cyclic esters (lactones) is 1. The first-order valence-corrected chi connectivity index (χ1v) is 11.6. The van der Waals surface area contributed by atoms with Crippen LogP contribution in [0.5, 0.6) is 0 Å². The first-order valence-electron chi connectivity index (χ1n) is 8.66. The third-order valence-corrected chi connectivity index (χ3v) is 10.2. The van der Waals surface area contributed by atoms with Crippen molar-refractivity contribution in [3.8, 4) is 0 Å². The maximum Gasteiger partial charge on any atom is 0.311 e. The minimum Gasteiger partial charge on any atom is -0.462 e. The monoisotopic (exact) mass is 342 g/mol. The summed E-state index contributed by atoms with van der Waals surface area (Å²) in [6, 6.07) is 0. The van der Waals surface area contributed by atoms with Gasteiger partial charge in [0.25, 0.3) is 0 Å². The van der Waals surface area contributed by atoms with Crippen molar-refractivity contribution in [2.45, 2.75) is 85.2 Å². The van der Waals surface area contributed by atoms with Gasteiger partial charge in [0.15, 0.2) is 8.32 Å². The summed E-state index contributed by atoms with van der Waals surface area (Å²) >= 11 is 0. The van der Waals surface area contributed by atoms with Crippen molar-refractivity contribution < 1.29 is 18.8 Å². The lowest BCUT2D eigenvalue weighted by molar-refractivity contribution is -0.177. The van der Waals surface area contributed by atoms with Gasteiger partial charge in [-0.3, -0.25) is 9.59 Å². The number of ether oxygens (including phenoxy) is 1. The van der Waals surface area contributed by atoms with Crippen molar-refractivity contribution in [1.82, 2.24) is 0 Å². The Morgan fingerprint density at radius 2 is 1.83 bits per heavy atom. The fourth-order valence-corrected chi connectivity index (χ4v) is 4.12. The molecule has 0 amide bonds. The Bertz CT molecular complexity index is 452. The molecular weight excluding hydrogens is 308 g/mol. The Morgan fingerprint density at radius 3 is 2.26 bits per heavy atom. The predicted octanol–water partition coefficient (Wildman–Crippen LogP) is 4.19. The Hall–Kier alpha value is -0.683. The molecule has 1 aliphatic rings. The second-order valence-corrected chi connectivity index (χ2v) is 13.5. The van der Waals surface area contributed by atoms with E-state index in [1.165, 1.54) is 0 Å². The SMILES string of the molecule is CC(=O)[C@@H](C)C[C@@H]1OC(=O)[C@H](C)[C@@H](O[Si](C)(C)C(C)(C)C)[C@H]1C. The molecule has 0 aliphatic carbocycles. The summed E-state index contributed by atoms with van der Waals surface area (Å²) in [5, 5.41) is 0.0932. The van der Waals surface area contributed by atoms with Gasteiger partial charge in [0.2, 0.25) is 0 Å². The maximum absolute atomic E-state index is 12.3. The number of ketones is 1. The zero-order valence-corrected chi connectivity index (χ0v) is 17.2. The van der Waals surface area contributed by atoms with Gasteiger partial charge in [-0.05, 0) is 38.4 Å². The van der Waals surface area contributed by atoms with Crippen LogP contribution in [0.2, 0.25) is 18.1 Å². The molecule has 0 N–H and O–H groups in total. The lowest BCUT2D eigenvalue weighted by Crippen LogP contribution is -2.54. The lowest BCUT2D eigenvalue weighted by atomic mass is 9.82. The summed E-state index contributed by atoms with van der Waals surface area (Å²) in [5.41, 5.74) is 0. The molecule has 0 aromatic rings. The average molecular weight is 343 g/mol. The van der Waals surface area contributed by atoms with E-state index >= 15 is 0 Å². The predicted molar refractivity (Wildman–Crippen MR) is 94.7 cm³/mol. The lowest BCUT2D eigenvalue weighted by Gasteiger charge is -2.46.